The quantitative estimate of drug-likeness (QED) is 0.357. The lowest BCUT2D eigenvalue weighted by atomic mass is 9.88. The Morgan fingerprint density at radius 3 is 2.41 bits per heavy atom. The zero-order valence-corrected chi connectivity index (χ0v) is 20.2. The highest BCUT2D eigenvalue weighted by Crippen LogP contribution is 2.25. The average molecular weight is 512 g/mol. The third-order valence-corrected chi connectivity index (χ3v) is 8.57. The van der Waals surface area contributed by atoms with Gasteiger partial charge < -0.3 is 10.2 Å². The maximum Gasteiger partial charge on any atom is 0.193 e. The van der Waals surface area contributed by atoms with Gasteiger partial charge in [-0.1, -0.05) is 33.1 Å². The van der Waals surface area contributed by atoms with Crippen molar-refractivity contribution in [3.8, 4) is 0 Å². The number of nitrogens with zero attached hydrogens (tertiary/aromatic N) is 2. The monoisotopic (exact) mass is 511 g/mol. The first-order valence-electron chi connectivity index (χ1n) is 10.7. The Hall–Kier alpha value is -0.0500. The topological polar surface area (TPSA) is 61.8 Å². The molecule has 3 unspecified atom stereocenters. The van der Waals surface area contributed by atoms with Crippen molar-refractivity contribution in [2.45, 2.75) is 58.8 Å². The van der Waals surface area contributed by atoms with Crippen LogP contribution in [0.5, 0.6) is 0 Å². The molecule has 3 atom stereocenters. The van der Waals surface area contributed by atoms with Gasteiger partial charge in [-0.3, -0.25) is 4.99 Å². The van der Waals surface area contributed by atoms with E-state index in [1.54, 1.807) is 0 Å². The maximum atomic E-state index is 11.7. The van der Waals surface area contributed by atoms with E-state index in [-0.39, 0.29) is 29.9 Å². The van der Waals surface area contributed by atoms with Crippen LogP contribution in [0.15, 0.2) is 4.99 Å². The Morgan fingerprint density at radius 1 is 1.04 bits per heavy atom. The molecule has 2 aliphatic heterocycles. The standard InChI is InChI=1S/C20H37N3O2S.HI/c1-16-8-10-23(14-17(16)2)20(21-12-18-6-4-3-5-7-18)22-13-19-9-11-26(24,25)15-19;/h16-19H,3-15H2,1-2H3,(H,21,22);1H. The first-order chi connectivity index (χ1) is 12.4. The Bertz CT molecular complexity index is 590. The van der Waals surface area contributed by atoms with Crippen LogP contribution in [0.25, 0.3) is 0 Å². The van der Waals surface area contributed by atoms with Gasteiger partial charge in [0.15, 0.2) is 15.8 Å². The van der Waals surface area contributed by atoms with E-state index in [0.717, 1.165) is 43.9 Å². The molecule has 3 aliphatic rings. The summed E-state index contributed by atoms with van der Waals surface area (Å²) < 4.78 is 23.4. The van der Waals surface area contributed by atoms with Crippen LogP contribution in [0, 0.1) is 23.7 Å². The normalized spacial score (nSPS) is 32.1. The van der Waals surface area contributed by atoms with Gasteiger partial charge in [-0.15, -0.1) is 24.0 Å². The fraction of sp³-hybridized carbons (Fsp3) is 0.950. The van der Waals surface area contributed by atoms with Gasteiger partial charge in [0, 0.05) is 26.2 Å². The number of guanidine groups is 1. The molecule has 1 saturated carbocycles. The van der Waals surface area contributed by atoms with Crippen LogP contribution in [0.3, 0.4) is 0 Å². The maximum absolute atomic E-state index is 11.7. The molecule has 0 spiro atoms. The molecular weight excluding hydrogens is 473 g/mol. The number of halogens is 1. The smallest absolute Gasteiger partial charge is 0.193 e. The van der Waals surface area contributed by atoms with E-state index in [1.165, 1.54) is 38.5 Å². The first-order valence-corrected chi connectivity index (χ1v) is 12.5. The predicted octanol–water partition coefficient (Wildman–Crippen LogP) is 3.54. The van der Waals surface area contributed by atoms with Crippen LogP contribution >= 0.6 is 24.0 Å². The second-order valence-electron chi connectivity index (χ2n) is 9.01. The molecule has 3 rings (SSSR count). The highest BCUT2D eigenvalue weighted by atomic mass is 127. The molecule has 0 radical (unpaired) electrons. The average Bonchev–Trinajstić information content (AvgIpc) is 2.97. The number of likely N-dealkylation sites (tertiary alicyclic amines) is 1. The first kappa shape index (κ1) is 23.2. The molecule has 0 aromatic carbocycles. The number of hydrogen-bond acceptors (Lipinski definition) is 3. The van der Waals surface area contributed by atoms with Gasteiger partial charge in [-0.05, 0) is 49.4 Å². The molecule has 27 heavy (non-hydrogen) atoms. The van der Waals surface area contributed by atoms with Gasteiger partial charge in [0.05, 0.1) is 11.5 Å². The fourth-order valence-electron chi connectivity index (χ4n) is 4.58. The largest absolute Gasteiger partial charge is 0.356 e. The fourth-order valence-corrected chi connectivity index (χ4v) is 6.43. The molecule has 0 aromatic heterocycles. The second-order valence-corrected chi connectivity index (χ2v) is 11.2. The zero-order chi connectivity index (χ0) is 18.6. The van der Waals surface area contributed by atoms with Gasteiger partial charge in [0.25, 0.3) is 0 Å². The van der Waals surface area contributed by atoms with Crippen molar-refractivity contribution < 1.29 is 8.42 Å². The van der Waals surface area contributed by atoms with Gasteiger partial charge in [-0.2, -0.15) is 0 Å². The Morgan fingerprint density at radius 2 is 1.78 bits per heavy atom. The Labute approximate surface area is 183 Å². The minimum Gasteiger partial charge on any atom is -0.356 e. The number of nitrogens with one attached hydrogen (secondary N) is 1. The van der Waals surface area contributed by atoms with E-state index < -0.39 is 9.84 Å². The summed E-state index contributed by atoms with van der Waals surface area (Å²) >= 11 is 0. The van der Waals surface area contributed by atoms with Crippen molar-refractivity contribution in [2.75, 3.05) is 37.7 Å². The zero-order valence-electron chi connectivity index (χ0n) is 17.0. The van der Waals surface area contributed by atoms with Crippen molar-refractivity contribution in [3.05, 3.63) is 0 Å². The molecular formula is C20H38IN3O2S. The van der Waals surface area contributed by atoms with Crippen molar-refractivity contribution in [1.82, 2.24) is 10.2 Å². The van der Waals surface area contributed by atoms with Crippen molar-refractivity contribution >= 4 is 39.8 Å². The molecule has 0 amide bonds. The summed E-state index contributed by atoms with van der Waals surface area (Å²) in [4.78, 5) is 7.32. The van der Waals surface area contributed by atoms with Crippen molar-refractivity contribution in [2.24, 2.45) is 28.7 Å². The van der Waals surface area contributed by atoms with Crippen LogP contribution in [0.2, 0.25) is 0 Å². The highest BCUT2D eigenvalue weighted by molar-refractivity contribution is 14.0. The summed E-state index contributed by atoms with van der Waals surface area (Å²) in [6.07, 6.45) is 8.74. The summed E-state index contributed by atoms with van der Waals surface area (Å²) in [5, 5.41) is 3.67. The predicted molar refractivity (Wildman–Crippen MR) is 124 cm³/mol. The van der Waals surface area contributed by atoms with E-state index in [1.807, 2.05) is 0 Å². The molecule has 0 aromatic rings. The molecule has 2 heterocycles. The van der Waals surface area contributed by atoms with E-state index in [4.69, 9.17) is 4.99 Å². The van der Waals surface area contributed by atoms with Crippen molar-refractivity contribution in [3.63, 3.8) is 0 Å². The SMILES string of the molecule is CC1CCN(C(=NCC2CCS(=O)(=O)C2)NCC2CCCCC2)CC1C.I. The van der Waals surface area contributed by atoms with E-state index in [9.17, 15) is 8.42 Å². The number of sulfone groups is 1. The third-order valence-electron chi connectivity index (χ3n) is 6.73. The van der Waals surface area contributed by atoms with E-state index in [2.05, 4.69) is 24.1 Å². The third kappa shape index (κ3) is 7.05. The summed E-state index contributed by atoms with van der Waals surface area (Å²) in [6, 6.07) is 0. The van der Waals surface area contributed by atoms with Crippen LogP contribution in [-0.2, 0) is 9.84 Å². The van der Waals surface area contributed by atoms with Crippen LogP contribution in [-0.4, -0.2) is 57.0 Å². The van der Waals surface area contributed by atoms with E-state index >= 15 is 0 Å². The van der Waals surface area contributed by atoms with Gasteiger partial charge in [0.1, 0.15) is 0 Å². The number of aliphatic imine (C=N–C) groups is 1. The molecule has 158 valence electrons. The van der Waals surface area contributed by atoms with Gasteiger partial charge in [0.2, 0.25) is 0 Å². The van der Waals surface area contributed by atoms with Gasteiger partial charge >= 0.3 is 0 Å². The molecule has 3 fully saturated rings. The molecule has 1 aliphatic carbocycles. The summed E-state index contributed by atoms with van der Waals surface area (Å²) in [5.41, 5.74) is 0. The van der Waals surface area contributed by atoms with Gasteiger partial charge in [-0.25, -0.2) is 8.42 Å². The summed E-state index contributed by atoms with van der Waals surface area (Å²) in [6.45, 7) is 8.46. The molecule has 0 bridgehead atoms. The lowest BCUT2D eigenvalue weighted by molar-refractivity contribution is 0.198. The Kier molecular flexibility index (Phi) is 9.16. The summed E-state index contributed by atoms with van der Waals surface area (Å²) in [7, 11) is -2.82. The minimum absolute atomic E-state index is 0. The van der Waals surface area contributed by atoms with E-state index in [0.29, 0.717) is 24.0 Å². The molecule has 5 nitrogen and oxygen atoms in total. The highest BCUT2D eigenvalue weighted by Gasteiger charge is 2.29. The summed E-state index contributed by atoms with van der Waals surface area (Å²) in [5.74, 6) is 4.10. The molecule has 2 saturated heterocycles. The number of rotatable bonds is 4. The minimum atomic E-state index is -2.82. The van der Waals surface area contributed by atoms with Crippen LogP contribution < -0.4 is 5.32 Å². The second kappa shape index (κ2) is 10.6. The number of piperidine rings is 1. The van der Waals surface area contributed by atoms with Crippen LogP contribution in [0.1, 0.15) is 58.8 Å². The lowest BCUT2D eigenvalue weighted by Crippen LogP contribution is -2.49. The molecule has 7 heteroatoms. The van der Waals surface area contributed by atoms with Crippen LogP contribution in [0.4, 0.5) is 0 Å². The van der Waals surface area contributed by atoms with Crippen molar-refractivity contribution in [1.29, 1.82) is 0 Å². The molecule has 1 N–H and O–H groups in total. The Balaban J connectivity index is 0.00000261. The lowest BCUT2D eigenvalue weighted by Gasteiger charge is -2.38. The number of hydrogen-bond donors (Lipinski definition) is 1.